The van der Waals surface area contributed by atoms with Crippen LogP contribution in [0, 0.1) is 0 Å². The van der Waals surface area contributed by atoms with Crippen LogP contribution in [-0.2, 0) is 10.0 Å². The molecule has 1 aliphatic rings. The van der Waals surface area contributed by atoms with E-state index in [2.05, 4.69) is 11.4 Å². The molecule has 1 atom stereocenters. The van der Waals surface area contributed by atoms with Gasteiger partial charge in [0.05, 0.1) is 4.90 Å². The maximum Gasteiger partial charge on any atom is 0.243 e. The lowest BCUT2D eigenvalue weighted by Crippen LogP contribution is -2.33. The van der Waals surface area contributed by atoms with Crippen molar-refractivity contribution in [2.24, 2.45) is 0 Å². The molecule has 1 saturated heterocycles. The minimum absolute atomic E-state index is 0.277. The fourth-order valence-electron chi connectivity index (χ4n) is 2.47. The highest BCUT2D eigenvalue weighted by atomic mass is 35.5. The number of benzene rings is 1. The zero-order chi connectivity index (χ0) is 15.6. The molecule has 0 bridgehead atoms. The van der Waals surface area contributed by atoms with E-state index in [9.17, 15) is 8.42 Å². The van der Waals surface area contributed by atoms with Crippen LogP contribution >= 0.6 is 34.7 Å². The van der Waals surface area contributed by atoms with E-state index in [0.717, 1.165) is 12.2 Å². The van der Waals surface area contributed by atoms with Crippen molar-refractivity contribution in [1.82, 2.24) is 4.31 Å². The van der Waals surface area contributed by atoms with Crippen molar-refractivity contribution >= 4 is 44.7 Å². The molecule has 1 unspecified atom stereocenters. The van der Waals surface area contributed by atoms with Gasteiger partial charge in [-0.25, -0.2) is 8.42 Å². The van der Waals surface area contributed by atoms with Gasteiger partial charge in [0.15, 0.2) is 0 Å². The summed E-state index contributed by atoms with van der Waals surface area (Å²) in [6.07, 6.45) is 0.838. The second-order valence-corrected chi connectivity index (χ2v) is 9.69. The molecular formula is C15H16ClNO2S3. The van der Waals surface area contributed by atoms with Gasteiger partial charge in [-0.05, 0) is 36.1 Å². The van der Waals surface area contributed by atoms with Crippen LogP contribution in [0.2, 0.25) is 5.02 Å². The third-order valence-corrected chi connectivity index (χ3v) is 8.17. The quantitative estimate of drug-likeness (QED) is 0.806. The summed E-state index contributed by atoms with van der Waals surface area (Å²) in [5, 5.41) is 2.91. The highest BCUT2D eigenvalue weighted by Crippen LogP contribution is 2.37. The number of hydrogen-bond donors (Lipinski definition) is 0. The Kier molecular flexibility index (Phi) is 5.14. The summed E-state index contributed by atoms with van der Waals surface area (Å²) in [5.74, 6) is 0.808. The van der Waals surface area contributed by atoms with Crippen LogP contribution in [-0.4, -0.2) is 31.6 Å². The average molecular weight is 374 g/mol. The van der Waals surface area contributed by atoms with Crippen LogP contribution < -0.4 is 0 Å². The van der Waals surface area contributed by atoms with Gasteiger partial charge in [0.2, 0.25) is 10.0 Å². The third-order valence-electron chi connectivity index (χ3n) is 3.59. The van der Waals surface area contributed by atoms with E-state index < -0.39 is 10.0 Å². The Morgan fingerprint density at radius 3 is 2.77 bits per heavy atom. The molecule has 1 aliphatic heterocycles. The van der Waals surface area contributed by atoms with Crippen molar-refractivity contribution < 1.29 is 8.42 Å². The van der Waals surface area contributed by atoms with Crippen LogP contribution in [0.4, 0.5) is 0 Å². The SMILES string of the molecule is O=S(=O)(c1cccc(Cl)c1)N1CCSC(c2cccs2)CC1. The van der Waals surface area contributed by atoms with Crippen LogP contribution in [0.25, 0.3) is 0 Å². The van der Waals surface area contributed by atoms with Crippen LogP contribution in [0.5, 0.6) is 0 Å². The molecule has 3 nitrogen and oxygen atoms in total. The number of sulfonamides is 1. The van der Waals surface area contributed by atoms with Crippen molar-refractivity contribution in [3.8, 4) is 0 Å². The summed E-state index contributed by atoms with van der Waals surface area (Å²) in [7, 11) is -3.46. The number of thioether (sulfide) groups is 1. The minimum atomic E-state index is -3.46. The Morgan fingerprint density at radius 2 is 2.05 bits per heavy atom. The van der Waals surface area contributed by atoms with Gasteiger partial charge in [0.1, 0.15) is 0 Å². The predicted octanol–water partition coefficient (Wildman–Crippen LogP) is 4.27. The first-order chi connectivity index (χ1) is 10.6. The molecule has 2 aromatic rings. The maximum absolute atomic E-state index is 12.7. The lowest BCUT2D eigenvalue weighted by atomic mass is 10.2. The molecule has 0 aliphatic carbocycles. The summed E-state index contributed by atoms with van der Waals surface area (Å²) in [4.78, 5) is 1.60. The molecule has 0 radical (unpaired) electrons. The largest absolute Gasteiger partial charge is 0.243 e. The molecule has 0 N–H and O–H groups in total. The van der Waals surface area contributed by atoms with Gasteiger partial charge in [-0.3, -0.25) is 0 Å². The van der Waals surface area contributed by atoms with Gasteiger partial charge in [-0.15, -0.1) is 11.3 Å². The second-order valence-electron chi connectivity index (χ2n) is 5.02. The second kappa shape index (κ2) is 6.93. The molecule has 0 spiro atoms. The Balaban J connectivity index is 1.78. The fraction of sp³-hybridized carbons (Fsp3) is 0.333. The molecule has 22 heavy (non-hydrogen) atoms. The zero-order valence-electron chi connectivity index (χ0n) is 11.8. The van der Waals surface area contributed by atoms with E-state index in [4.69, 9.17) is 11.6 Å². The number of thiophene rings is 1. The van der Waals surface area contributed by atoms with Gasteiger partial charge < -0.3 is 0 Å². The van der Waals surface area contributed by atoms with Crippen LogP contribution in [0.3, 0.4) is 0 Å². The van der Waals surface area contributed by atoms with Gasteiger partial charge >= 0.3 is 0 Å². The van der Waals surface area contributed by atoms with Gasteiger partial charge in [0.25, 0.3) is 0 Å². The third kappa shape index (κ3) is 3.51. The lowest BCUT2D eigenvalue weighted by Gasteiger charge is -2.20. The van der Waals surface area contributed by atoms with Crippen molar-refractivity contribution in [2.75, 3.05) is 18.8 Å². The molecular weight excluding hydrogens is 358 g/mol. The summed E-state index contributed by atoms with van der Waals surface area (Å²) in [5.41, 5.74) is 0. The molecule has 1 aromatic carbocycles. The molecule has 118 valence electrons. The molecule has 2 heterocycles. The van der Waals surface area contributed by atoms with Gasteiger partial charge in [-0.2, -0.15) is 16.1 Å². The molecule has 7 heteroatoms. The van der Waals surface area contributed by atoms with E-state index >= 15 is 0 Å². The fourth-order valence-corrected chi connectivity index (χ4v) is 6.58. The zero-order valence-corrected chi connectivity index (χ0v) is 15.0. The standard InChI is InChI=1S/C15H16ClNO2S3/c16-12-3-1-4-13(11-12)22(18,19)17-7-6-15(21-10-8-17)14-5-2-9-20-14/h1-5,9,11,15H,6-8,10H2. The Labute approximate surface area is 144 Å². The molecule has 1 aromatic heterocycles. The molecule has 1 fully saturated rings. The molecule has 0 amide bonds. The van der Waals surface area contributed by atoms with Gasteiger partial charge in [-0.1, -0.05) is 23.7 Å². The van der Waals surface area contributed by atoms with Crippen LogP contribution in [0.1, 0.15) is 16.5 Å². The van der Waals surface area contributed by atoms with Crippen molar-refractivity contribution in [2.45, 2.75) is 16.6 Å². The lowest BCUT2D eigenvalue weighted by molar-refractivity contribution is 0.428. The van der Waals surface area contributed by atoms with Crippen molar-refractivity contribution in [3.63, 3.8) is 0 Å². The summed E-state index contributed by atoms with van der Waals surface area (Å²) in [6.45, 7) is 1.09. The van der Waals surface area contributed by atoms with E-state index in [0.29, 0.717) is 23.4 Å². The van der Waals surface area contributed by atoms with Crippen LogP contribution in [0.15, 0.2) is 46.7 Å². The average Bonchev–Trinajstić information content (AvgIpc) is 2.91. The number of rotatable bonds is 3. The normalized spacial score (nSPS) is 20.7. The van der Waals surface area contributed by atoms with E-state index in [1.807, 2.05) is 17.8 Å². The Bertz CT molecular complexity index is 731. The first kappa shape index (κ1) is 16.3. The van der Waals surface area contributed by atoms with E-state index in [-0.39, 0.29) is 4.90 Å². The predicted molar refractivity (Wildman–Crippen MR) is 94.3 cm³/mol. The maximum atomic E-state index is 12.7. The smallest absolute Gasteiger partial charge is 0.207 e. The van der Waals surface area contributed by atoms with Crippen molar-refractivity contribution in [1.29, 1.82) is 0 Å². The number of nitrogens with zero attached hydrogens (tertiary/aromatic N) is 1. The summed E-state index contributed by atoms with van der Waals surface area (Å²) in [6, 6.07) is 10.7. The topological polar surface area (TPSA) is 37.4 Å². The van der Waals surface area contributed by atoms with E-state index in [1.165, 1.54) is 10.9 Å². The first-order valence-corrected chi connectivity index (χ1v) is 10.7. The summed E-state index contributed by atoms with van der Waals surface area (Å²) >= 11 is 9.50. The highest BCUT2D eigenvalue weighted by molar-refractivity contribution is 7.99. The monoisotopic (exact) mass is 373 g/mol. The molecule has 3 rings (SSSR count). The Morgan fingerprint density at radius 1 is 1.18 bits per heavy atom. The number of hydrogen-bond acceptors (Lipinski definition) is 4. The highest BCUT2D eigenvalue weighted by Gasteiger charge is 2.28. The van der Waals surface area contributed by atoms with Gasteiger partial charge in [0, 0.05) is 34.0 Å². The number of halogens is 1. The summed E-state index contributed by atoms with van der Waals surface area (Å²) < 4.78 is 27.1. The van der Waals surface area contributed by atoms with E-state index in [1.54, 1.807) is 33.8 Å². The Hall–Kier alpha value is -0.530. The molecule has 0 saturated carbocycles. The minimum Gasteiger partial charge on any atom is -0.207 e. The van der Waals surface area contributed by atoms with Crippen molar-refractivity contribution in [3.05, 3.63) is 51.7 Å². The first-order valence-electron chi connectivity index (χ1n) is 6.98.